The molecule has 8 nitrogen and oxygen atoms in total. The van der Waals surface area contributed by atoms with Crippen molar-refractivity contribution in [1.29, 1.82) is 0 Å². The van der Waals surface area contributed by atoms with Gasteiger partial charge in [-0.2, -0.15) is 0 Å². The molecule has 0 bridgehead atoms. The second-order valence-electron chi connectivity index (χ2n) is 10.4. The summed E-state index contributed by atoms with van der Waals surface area (Å²) in [6, 6.07) is 26.7. The number of benzene rings is 4. The van der Waals surface area contributed by atoms with E-state index in [0.29, 0.717) is 54.3 Å². The first-order valence-electron chi connectivity index (χ1n) is 14.5. The van der Waals surface area contributed by atoms with Crippen molar-refractivity contribution in [1.82, 2.24) is 0 Å². The first-order chi connectivity index (χ1) is 21.5. The summed E-state index contributed by atoms with van der Waals surface area (Å²) in [7, 11) is 2.97. The third kappa shape index (κ3) is 6.68. The van der Waals surface area contributed by atoms with Gasteiger partial charge in [-0.3, -0.25) is 0 Å². The highest BCUT2D eigenvalue weighted by atomic mass is 16.6. The average molecular weight is 597 g/mol. The summed E-state index contributed by atoms with van der Waals surface area (Å²) in [4.78, 5) is 26.0. The summed E-state index contributed by atoms with van der Waals surface area (Å²) < 4.78 is 33.7. The monoisotopic (exact) mass is 596 g/mol. The van der Waals surface area contributed by atoms with Crippen molar-refractivity contribution in [2.24, 2.45) is 0 Å². The van der Waals surface area contributed by atoms with Gasteiger partial charge in [-0.25, -0.2) is 9.59 Å². The average Bonchev–Trinajstić information content (AvgIpc) is 3.08. The molecule has 0 aliphatic carbocycles. The standard InChI is InChI=1S/C36H36O8/c1-25(42-21-20-41-19-18-39-2)24-43-34(37)27-15-14-26-22-32(35(38)40-3)30-16-17-36(28-10-6-4-7-11-28,29-12-8-5-9-13-29)44-33(30)31(26)23-27/h4-17,22-23,25H,18-21,24H2,1-3H3. The minimum atomic E-state index is -0.978. The van der Waals surface area contributed by atoms with Crippen molar-refractivity contribution < 1.29 is 38.0 Å². The highest BCUT2D eigenvalue weighted by Gasteiger charge is 2.38. The van der Waals surface area contributed by atoms with E-state index in [2.05, 4.69) is 0 Å². The lowest BCUT2D eigenvalue weighted by atomic mass is 9.82. The molecule has 8 heteroatoms. The van der Waals surface area contributed by atoms with Crippen molar-refractivity contribution in [3.05, 3.63) is 119 Å². The van der Waals surface area contributed by atoms with Crippen LogP contribution in [0.3, 0.4) is 0 Å². The van der Waals surface area contributed by atoms with Gasteiger partial charge < -0.3 is 28.4 Å². The molecule has 5 rings (SSSR count). The van der Waals surface area contributed by atoms with E-state index in [1.54, 1.807) is 31.4 Å². The maximum Gasteiger partial charge on any atom is 0.338 e. The smallest absolute Gasteiger partial charge is 0.338 e. The Hall–Kier alpha value is -4.50. The van der Waals surface area contributed by atoms with Crippen LogP contribution in [0.25, 0.3) is 16.8 Å². The largest absolute Gasteiger partial charge is 0.472 e. The fourth-order valence-corrected chi connectivity index (χ4v) is 5.18. The summed E-state index contributed by atoms with van der Waals surface area (Å²) in [5, 5.41) is 1.39. The number of rotatable bonds is 13. The topological polar surface area (TPSA) is 89.5 Å². The van der Waals surface area contributed by atoms with Crippen LogP contribution in [0.5, 0.6) is 5.75 Å². The molecule has 0 spiro atoms. The number of hydrogen-bond donors (Lipinski definition) is 0. The van der Waals surface area contributed by atoms with Gasteiger partial charge in [0.2, 0.25) is 0 Å². The Bertz CT molecular complexity index is 1570. The van der Waals surface area contributed by atoms with Gasteiger partial charge >= 0.3 is 11.9 Å². The molecule has 0 radical (unpaired) electrons. The van der Waals surface area contributed by atoms with E-state index in [1.165, 1.54) is 7.11 Å². The zero-order valence-corrected chi connectivity index (χ0v) is 25.1. The molecule has 4 aromatic carbocycles. The van der Waals surface area contributed by atoms with Gasteiger partial charge in [0.25, 0.3) is 0 Å². The van der Waals surface area contributed by atoms with E-state index in [0.717, 1.165) is 16.5 Å². The van der Waals surface area contributed by atoms with Gasteiger partial charge in [-0.1, -0.05) is 66.7 Å². The molecule has 0 saturated heterocycles. The third-order valence-electron chi connectivity index (χ3n) is 7.44. The van der Waals surface area contributed by atoms with E-state index in [1.807, 2.05) is 79.7 Å². The Morgan fingerprint density at radius 1 is 0.818 bits per heavy atom. The molecule has 0 amide bonds. The summed E-state index contributed by atoms with van der Waals surface area (Å²) in [5.41, 5.74) is 2.15. The fraction of sp³-hybridized carbons (Fsp3) is 0.278. The normalized spacial score (nSPS) is 14.0. The Kier molecular flexibility index (Phi) is 10.1. The fourth-order valence-electron chi connectivity index (χ4n) is 5.18. The number of hydrogen-bond acceptors (Lipinski definition) is 8. The Morgan fingerprint density at radius 3 is 2.16 bits per heavy atom. The van der Waals surface area contributed by atoms with Crippen LogP contribution < -0.4 is 4.74 Å². The lowest BCUT2D eigenvalue weighted by Crippen LogP contribution is -2.34. The van der Waals surface area contributed by atoms with Crippen molar-refractivity contribution in [3.8, 4) is 5.75 Å². The van der Waals surface area contributed by atoms with Crippen LogP contribution in [0.15, 0.2) is 91.0 Å². The molecule has 1 aliphatic rings. The minimum absolute atomic E-state index is 0.0820. The van der Waals surface area contributed by atoms with Crippen LogP contribution in [0.4, 0.5) is 0 Å². The summed E-state index contributed by atoms with van der Waals surface area (Å²) in [5.74, 6) is -0.504. The van der Waals surface area contributed by atoms with E-state index < -0.39 is 17.5 Å². The van der Waals surface area contributed by atoms with Crippen molar-refractivity contribution in [2.75, 3.05) is 47.3 Å². The molecule has 4 aromatic rings. The molecule has 0 aromatic heterocycles. The number of carbonyl (C=O) groups is 2. The second kappa shape index (κ2) is 14.3. The van der Waals surface area contributed by atoms with Crippen LogP contribution in [-0.4, -0.2) is 65.3 Å². The maximum absolute atomic E-state index is 13.2. The van der Waals surface area contributed by atoms with Crippen LogP contribution in [0.2, 0.25) is 0 Å². The molecule has 1 aliphatic heterocycles. The molecule has 0 saturated carbocycles. The first-order valence-corrected chi connectivity index (χ1v) is 14.5. The van der Waals surface area contributed by atoms with Gasteiger partial charge in [-0.05, 0) is 42.7 Å². The quantitative estimate of drug-likeness (QED) is 0.133. The zero-order chi connectivity index (χ0) is 30.9. The second-order valence-corrected chi connectivity index (χ2v) is 10.4. The van der Waals surface area contributed by atoms with Gasteiger partial charge in [0.15, 0.2) is 5.60 Å². The minimum Gasteiger partial charge on any atom is -0.472 e. The van der Waals surface area contributed by atoms with Gasteiger partial charge in [0.05, 0.1) is 50.8 Å². The molecular weight excluding hydrogens is 560 g/mol. The Labute approximate surface area is 257 Å². The van der Waals surface area contributed by atoms with Crippen molar-refractivity contribution in [2.45, 2.75) is 18.6 Å². The molecular formula is C36H36O8. The number of carbonyl (C=O) groups excluding carboxylic acids is 2. The number of fused-ring (bicyclic) bond motifs is 3. The SMILES string of the molecule is COCCOCCOC(C)COC(=O)c1ccc2cc(C(=O)OC)c3c(c2c1)OC(c1ccccc1)(c1ccccc1)C=C3. The first kappa shape index (κ1) is 30.9. The predicted octanol–water partition coefficient (Wildman–Crippen LogP) is 6.20. The predicted molar refractivity (Wildman–Crippen MR) is 167 cm³/mol. The molecule has 1 unspecified atom stereocenters. The van der Waals surface area contributed by atoms with Crippen LogP contribution in [-0.2, 0) is 29.3 Å². The summed E-state index contributed by atoms with van der Waals surface area (Å²) in [6.45, 7) is 3.73. The lowest BCUT2D eigenvalue weighted by Gasteiger charge is -2.37. The van der Waals surface area contributed by atoms with E-state index in [4.69, 9.17) is 28.4 Å². The van der Waals surface area contributed by atoms with Crippen LogP contribution in [0.1, 0.15) is 44.3 Å². The molecule has 0 fully saturated rings. The zero-order valence-electron chi connectivity index (χ0n) is 25.1. The van der Waals surface area contributed by atoms with Gasteiger partial charge in [0.1, 0.15) is 12.4 Å². The van der Waals surface area contributed by atoms with Crippen molar-refractivity contribution >= 4 is 28.8 Å². The van der Waals surface area contributed by atoms with Gasteiger partial charge in [0, 0.05) is 29.2 Å². The highest BCUT2D eigenvalue weighted by Crippen LogP contribution is 2.46. The lowest BCUT2D eigenvalue weighted by molar-refractivity contribution is -0.0269. The number of esters is 2. The summed E-state index contributed by atoms with van der Waals surface area (Å²) >= 11 is 0. The van der Waals surface area contributed by atoms with Crippen LogP contribution >= 0.6 is 0 Å². The molecule has 228 valence electrons. The number of ether oxygens (including phenoxy) is 6. The summed E-state index contributed by atoms with van der Waals surface area (Å²) in [6.07, 6.45) is 3.54. The Morgan fingerprint density at radius 2 is 1.50 bits per heavy atom. The van der Waals surface area contributed by atoms with Crippen LogP contribution in [0, 0.1) is 0 Å². The molecule has 1 atom stereocenters. The highest BCUT2D eigenvalue weighted by molar-refractivity contribution is 6.06. The number of methoxy groups -OCH3 is 2. The van der Waals surface area contributed by atoms with Crippen molar-refractivity contribution in [3.63, 3.8) is 0 Å². The maximum atomic E-state index is 13.2. The van der Waals surface area contributed by atoms with E-state index in [-0.39, 0.29) is 12.7 Å². The third-order valence-corrected chi connectivity index (χ3v) is 7.44. The Balaban J connectivity index is 1.46. The molecule has 1 heterocycles. The van der Waals surface area contributed by atoms with E-state index in [9.17, 15) is 9.59 Å². The molecule has 44 heavy (non-hydrogen) atoms. The van der Waals surface area contributed by atoms with Gasteiger partial charge in [-0.15, -0.1) is 0 Å². The molecule has 0 N–H and O–H groups in total. The van der Waals surface area contributed by atoms with E-state index >= 15 is 0 Å².